The number of carbonyl (C=O) groups is 2. The van der Waals surface area contributed by atoms with Crippen LogP contribution in [-0.2, 0) is 10.0 Å². The summed E-state index contributed by atoms with van der Waals surface area (Å²) >= 11 is 0. The van der Waals surface area contributed by atoms with Gasteiger partial charge in [-0.15, -0.1) is 0 Å². The van der Waals surface area contributed by atoms with E-state index in [9.17, 15) is 18.0 Å². The maximum atomic E-state index is 13.0. The van der Waals surface area contributed by atoms with Gasteiger partial charge in [-0.1, -0.05) is 43.3 Å². The number of hydrogen-bond donors (Lipinski definition) is 3. The lowest BCUT2D eigenvalue weighted by Gasteiger charge is -2.15. The highest BCUT2D eigenvalue weighted by molar-refractivity contribution is 7.92. The van der Waals surface area contributed by atoms with Gasteiger partial charge in [-0.3, -0.25) is 14.3 Å². The predicted octanol–water partition coefficient (Wildman–Crippen LogP) is 4.58. The molecule has 8 heteroatoms. The molecule has 0 saturated heterocycles. The molecular formula is C25H27N3O4S. The smallest absolute Gasteiger partial charge is 0.262 e. The van der Waals surface area contributed by atoms with Gasteiger partial charge in [-0.05, 0) is 62.2 Å². The van der Waals surface area contributed by atoms with Crippen molar-refractivity contribution in [3.05, 3.63) is 89.5 Å². The molecule has 0 spiro atoms. The maximum Gasteiger partial charge on any atom is 0.262 e. The molecule has 1 atom stereocenters. The molecule has 0 heterocycles. The lowest BCUT2D eigenvalue weighted by Crippen LogP contribution is -2.32. The third-order valence-electron chi connectivity index (χ3n) is 5.18. The van der Waals surface area contributed by atoms with Gasteiger partial charge in [0.2, 0.25) is 0 Å². The minimum Gasteiger partial charge on any atom is -0.350 e. The highest BCUT2D eigenvalue weighted by Gasteiger charge is 2.20. The van der Waals surface area contributed by atoms with E-state index in [1.54, 1.807) is 73.7 Å². The molecule has 0 aromatic heterocycles. The maximum absolute atomic E-state index is 13.0. The summed E-state index contributed by atoms with van der Waals surface area (Å²) < 4.78 is 28.4. The fourth-order valence-electron chi connectivity index (χ4n) is 3.14. The van der Waals surface area contributed by atoms with Crippen LogP contribution >= 0.6 is 0 Å². The van der Waals surface area contributed by atoms with Gasteiger partial charge in [0, 0.05) is 17.3 Å². The van der Waals surface area contributed by atoms with Gasteiger partial charge in [0.1, 0.15) is 0 Å². The fraction of sp³-hybridized carbons (Fsp3) is 0.200. The molecule has 2 amide bonds. The second kappa shape index (κ2) is 10.3. The molecule has 0 bridgehead atoms. The third-order valence-corrected chi connectivity index (χ3v) is 6.70. The van der Waals surface area contributed by atoms with Crippen molar-refractivity contribution in [1.82, 2.24) is 5.32 Å². The van der Waals surface area contributed by atoms with E-state index in [0.717, 1.165) is 6.42 Å². The summed E-state index contributed by atoms with van der Waals surface area (Å²) in [5.41, 5.74) is 1.76. The first-order chi connectivity index (χ1) is 15.7. The summed E-state index contributed by atoms with van der Waals surface area (Å²) in [5.74, 6) is -0.811. The Morgan fingerprint density at radius 3 is 2.27 bits per heavy atom. The minimum atomic E-state index is -3.91. The molecule has 33 heavy (non-hydrogen) atoms. The number of sulfonamides is 1. The first-order valence-electron chi connectivity index (χ1n) is 10.6. The Morgan fingerprint density at radius 1 is 0.909 bits per heavy atom. The van der Waals surface area contributed by atoms with Crippen molar-refractivity contribution < 1.29 is 18.0 Å². The first-order valence-corrected chi connectivity index (χ1v) is 12.1. The molecule has 7 nitrogen and oxygen atoms in total. The van der Waals surface area contributed by atoms with Crippen LogP contribution in [0.1, 0.15) is 46.5 Å². The van der Waals surface area contributed by atoms with E-state index >= 15 is 0 Å². The number of amides is 2. The molecule has 3 aromatic carbocycles. The Kier molecular flexibility index (Phi) is 7.50. The van der Waals surface area contributed by atoms with E-state index in [1.165, 1.54) is 6.07 Å². The van der Waals surface area contributed by atoms with Crippen LogP contribution in [0.2, 0.25) is 0 Å². The van der Waals surface area contributed by atoms with Crippen molar-refractivity contribution in [3.8, 4) is 0 Å². The lowest BCUT2D eigenvalue weighted by molar-refractivity contribution is 0.0940. The van der Waals surface area contributed by atoms with E-state index in [4.69, 9.17) is 0 Å². The average Bonchev–Trinajstić information content (AvgIpc) is 2.79. The van der Waals surface area contributed by atoms with Gasteiger partial charge in [0.15, 0.2) is 0 Å². The normalized spacial score (nSPS) is 12.0. The van der Waals surface area contributed by atoms with Crippen LogP contribution < -0.4 is 15.4 Å². The van der Waals surface area contributed by atoms with Crippen LogP contribution in [0, 0.1) is 6.92 Å². The van der Waals surface area contributed by atoms with E-state index in [2.05, 4.69) is 15.4 Å². The summed E-state index contributed by atoms with van der Waals surface area (Å²) in [6.45, 7) is 5.53. The van der Waals surface area contributed by atoms with E-state index < -0.39 is 15.9 Å². The summed E-state index contributed by atoms with van der Waals surface area (Å²) in [7, 11) is -3.91. The Balaban J connectivity index is 1.86. The predicted molar refractivity (Wildman–Crippen MR) is 130 cm³/mol. The van der Waals surface area contributed by atoms with E-state index in [1.807, 2.05) is 13.8 Å². The van der Waals surface area contributed by atoms with Crippen molar-refractivity contribution in [2.45, 2.75) is 38.1 Å². The molecule has 0 aliphatic heterocycles. The molecular weight excluding hydrogens is 438 g/mol. The van der Waals surface area contributed by atoms with Crippen LogP contribution in [0.4, 0.5) is 11.4 Å². The van der Waals surface area contributed by atoms with Crippen LogP contribution in [0.5, 0.6) is 0 Å². The Hall–Kier alpha value is -3.65. The van der Waals surface area contributed by atoms with Gasteiger partial charge in [-0.25, -0.2) is 8.42 Å². The Labute approximate surface area is 194 Å². The zero-order valence-corrected chi connectivity index (χ0v) is 19.6. The molecule has 3 rings (SSSR count). The summed E-state index contributed by atoms with van der Waals surface area (Å²) in [5, 5.41) is 5.61. The fourth-order valence-corrected chi connectivity index (χ4v) is 4.47. The van der Waals surface area contributed by atoms with Gasteiger partial charge in [0.05, 0.1) is 16.1 Å². The van der Waals surface area contributed by atoms with Crippen molar-refractivity contribution in [2.24, 2.45) is 0 Å². The second-order valence-electron chi connectivity index (χ2n) is 7.73. The zero-order valence-electron chi connectivity index (χ0n) is 18.8. The van der Waals surface area contributed by atoms with Gasteiger partial charge >= 0.3 is 0 Å². The van der Waals surface area contributed by atoms with Crippen LogP contribution in [0.25, 0.3) is 0 Å². The summed E-state index contributed by atoms with van der Waals surface area (Å²) in [6, 6.07) is 19.7. The third kappa shape index (κ3) is 5.98. The molecule has 3 N–H and O–H groups in total. The molecule has 172 valence electrons. The number of para-hydroxylation sites is 2. The second-order valence-corrected chi connectivity index (χ2v) is 9.39. The Bertz CT molecular complexity index is 1260. The average molecular weight is 466 g/mol. The van der Waals surface area contributed by atoms with E-state index in [-0.39, 0.29) is 22.4 Å². The van der Waals surface area contributed by atoms with Crippen molar-refractivity contribution in [3.63, 3.8) is 0 Å². The monoisotopic (exact) mass is 465 g/mol. The van der Waals surface area contributed by atoms with Crippen molar-refractivity contribution in [1.29, 1.82) is 0 Å². The molecule has 3 aromatic rings. The highest BCUT2D eigenvalue weighted by Crippen LogP contribution is 2.22. The number of rotatable bonds is 8. The first kappa shape index (κ1) is 24.0. The summed E-state index contributed by atoms with van der Waals surface area (Å²) in [6.07, 6.45) is 0.776. The van der Waals surface area contributed by atoms with E-state index in [0.29, 0.717) is 22.5 Å². The number of aryl methyl sites for hydroxylation is 1. The quantitative estimate of drug-likeness (QED) is 0.453. The highest BCUT2D eigenvalue weighted by atomic mass is 32.2. The van der Waals surface area contributed by atoms with Gasteiger partial charge in [0.25, 0.3) is 21.8 Å². The SMILES string of the molecule is CC[C@H](C)NC(=O)c1ccccc1NC(=O)c1ccc(C)c(S(=O)(=O)Nc2ccccc2)c1. The topological polar surface area (TPSA) is 104 Å². The Morgan fingerprint density at radius 2 is 1.58 bits per heavy atom. The molecule has 0 saturated carbocycles. The largest absolute Gasteiger partial charge is 0.350 e. The zero-order chi connectivity index (χ0) is 24.0. The van der Waals surface area contributed by atoms with Crippen molar-refractivity contribution in [2.75, 3.05) is 10.0 Å². The lowest BCUT2D eigenvalue weighted by atomic mass is 10.1. The standard InChI is InChI=1S/C25H27N3O4S/c1-4-18(3)26-25(30)21-12-8-9-13-22(21)27-24(29)19-15-14-17(2)23(16-19)33(31,32)28-20-10-6-5-7-11-20/h5-16,18,28H,4H2,1-3H3,(H,26,30)(H,27,29)/t18-/m0/s1. The number of anilines is 2. The van der Waals surface area contributed by atoms with Crippen LogP contribution in [-0.4, -0.2) is 26.3 Å². The molecule has 0 unspecified atom stereocenters. The number of hydrogen-bond acceptors (Lipinski definition) is 4. The van der Waals surface area contributed by atoms with Crippen molar-refractivity contribution >= 4 is 33.2 Å². The summed E-state index contributed by atoms with van der Waals surface area (Å²) in [4.78, 5) is 25.6. The molecule has 0 aliphatic rings. The molecule has 0 fully saturated rings. The molecule has 0 radical (unpaired) electrons. The van der Waals surface area contributed by atoms with Gasteiger partial charge in [-0.2, -0.15) is 0 Å². The minimum absolute atomic E-state index is 0.00167. The van der Waals surface area contributed by atoms with Crippen LogP contribution in [0.15, 0.2) is 77.7 Å². The van der Waals surface area contributed by atoms with Gasteiger partial charge < -0.3 is 10.6 Å². The number of nitrogens with one attached hydrogen (secondary N) is 3. The number of benzene rings is 3. The number of carbonyl (C=O) groups excluding carboxylic acids is 2. The molecule has 0 aliphatic carbocycles. The van der Waals surface area contributed by atoms with Crippen LogP contribution in [0.3, 0.4) is 0 Å².